The Morgan fingerprint density at radius 2 is 1.60 bits per heavy atom. The number of hydrogen-bond acceptors (Lipinski definition) is 2. The molecule has 0 heterocycles. The monoisotopic (exact) mass is 418 g/mol. The van der Waals surface area contributed by atoms with E-state index < -0.39 is 5.97 Å². The van der Waals surface area contributed by atoms with Gasteiger partial charge in [-0.15, -0.1) is 0 Å². The smallest absolute Gasteiger partial charge is 0.306 e. The SMILES string of the molecule is CC(=O)c1ccc2ccccc2c1C#Cc1ccc(Cl)cc1.O=C(O)C1CCCC1. The first kappa shape index (κ1) is 21.6. The Morgan fingerprint density at radius 3 is 2.20 bits per heavy atom. The van der Waals surface area contributed by atoms with Gasteiger partial charge in [0.15, 0.2) is 5.78 Å². The zero-order valence-corrected chi connectivity index (χ0v) is 17.6. The molecule has 4 heteroatoms. The maximum Gasteiger partial charge on any atom is 0.306 e. The largest absolute Gasteiger partial charge is 0.481 e. The number of carbonyl (C=O) groups is 2. The van der Waals surface area contributed by atoms with Crippen molar-refractivity contribution < 1.29 is 14.7 Å². The summed E-state index contributed by atoms with van der Waals surface area (Å²) in [5.41, 5.74) is 2.30. The van der Waals surface area contributed by atoms with Crippen LogP contribution in [0, 0.1) is 17.8 Å². The first-order valence-electron chi connectivity index (χ1n) is 9.99. The van der Waals surface area contributed by atoms with E-state index in [1.54, 1.807) is 19.1 Å². The average molecular weight is 419 g/mol. The first-order chi connectivity index (χ1) is 14.5. The van der Waals surface area contributed by atoms with Crippen molar-refractivity contribution in [1.82, 2.24) is 0 Å². The van der Waals surface area contributed by atoms with Gasteiger partial charge in [-0.2, -0.15) is 0 Å². The lowest BCUT2D eigenvalue weighted by Gasteiger charge is -2.05. The molecular weight excluding hydrogens is 396 g/mol. The number of halogens is 1. The molecular formula is C26H23ClO3. The van der Waals surface area contributed by atoms with E-state index in [0.717, 1.165) is 47.6 Å². The zero-order valence-electron chi connectivity index (χ0n) is 16.8. The molecule has 0 atom stereocenters. The van der Waals surface area contributed by atoms with Crippen molar-refractivity contribution in [3.05, 3.63) is 82.4 Å². The van der Waals surface area contributed by atoms with E-state index in [0.29, 0.717) is 10.6 Å². The molecule has 0 aromatic heterocycles. The minimum atomic E-state index is -0.609. The van der Waals surface area contributed by atoms with Gasteiger partial charge in [-0.1, -0.05) is 66.6 Å². The molecule has 0 radical (unpaired) electrons. The summed E-state index contributed by atoms with van der Waals surface area (Å²) in [5, 5.41) is 11.2. The molecule has 1 fully saturated rings. The highest BCUT2D eigenvalue weighted by molar-refractivity contribution is 6.30. The normalized spacial score (nSPS) is 13.1. The summed E-state index contributed by atoms with van der Waals surface area (Å²) in [6.45, 7) is 1.57. The van der Waals surface area contributed by atoms with Crippen LogP contribution in [0.15, 0.2) is 60.7 Å². The number of rotatable bonds is 2. The van der Waals surface area contributed by atoms with Crippen LogP contribution in [-0.2, 0) is 4.79 Å². The Balaban J connectivity index is 0.000000269. The van der Waals surface area contributed by atoms with Crippen LogP contribution in [0.4, 0.5) is 0 Å². The fraction of sp³-hybridized carbons (Fsp3) is 0.231. The van der Waals surface area contributed by atoms with Crippen LogP contribution >= 0.6 is 11.6 Å². The molecule has 0 unspecified atom stereocenters. The number of hydrogen-bond donors (Lipinski definition) is 1. The number of carboxylic acids is 1. The number of carboxylic acid groups (broad SMARTS) is 1. The molecule has 3 aromatic carbocycles. The van der Waals surface area contributed by atoms with E-state index in [1.165, 1.54) is 0 Å². The molecule has 1 N–H and O–H groups in total. The van der Waals surface area contributed by atoms with Gasteiger partial charge in [0.25, 0.3) is 0 Å². The van der Waals surface area contributed by atoms with Gasteiger partial charge in [0, 0.05) is 21.7 Å². The topological polar surface area (TPSA) is 54.4 Å². The number of ketones is 1. The number of fused-ring (bicyclic) bond motifs is 1. The van der Waals surface area contributed by atoms with E-state index >= 15 is 0 Å². The Morgan fingerprint density at radius 1 is 0.933 bits per heavy atom. The van der Waals surface area contributed by atoms with Crippen LogP contribution in [0.3, 0.4) is 0 Å². The number of Topliss-reactive ketones (excluding diaryl/α,β-unsaturated/α-hetero) is 1. The van der Waals surface area contributed by atoms with Crippen LogP contribution in [0.25, 0.3) is 10.8 Å². The van der Waals surface area contributed by atoms with Gasteiger partial charge in [-0.05, 0) is 60.9 Å². The van der Waals surface area contributed by atoms with Crippen molar-refractivity contribution in [2.24, 2.45) is 5.92 Å². The van der Waals surface area contributed by atoms with Crippen molar-refractivity contribution in [2.75, 3.05) is 0 Å². The van der Waals surface area contributed by atoms with Crippen molar-refractivity contribution in [3.8, 4) is 11.8 Å². The maximum absolute atomic E-state index is 11.9. The van der Waals surface area contributed by atoms with Crippen LogP contribution < -0.4 is 0 Å². The summed E-state index contributed by atoms with van der Waals surface area (Å²) in [7, 11) is 0. The second-order valence-electron chi connectivity index (χ2n) is 7.34. The van der Waals surface area contributed by atoms with Crippen molar-refractivity contribution >= 4 is 34.1 Å². The molecule has 3 aromatic rings. The fourth-order valence-corrected chi connectivity index (χ4v) is 3.67. The quantitative estimate of drug-likeness (QED) is 0.389. The van der Waals surface area contributed by atoms with Gasteiger partial charge in [0.2, 0.25) is 0 Å². The predicted octanol–water partition coefficient (Wildman–Crippen LogP) is 6.36. The van der Waals surface area contributed by atoms with Gasteiger partial charge in [-0.25, -0.2) is 0 Å². The van der Waals surface area contributed by atoms with Gasteiger partial charge in [-0.3, -0.25) is 9.59 Å². The molecule has 0 aliphatic heterocycles. The van der Waals surface area contributed by atoms with Gasteiger partial charge < -0.3 is 5.11 Å². The molecule has 0 saturated heterocycles. The van der Waals surface area contributed by atoms with Crippen molar-refractivity contribution in [2.45, 2.75) is 32.6 Å². The molecule has 152 valence electrons. The summed E-state index contributed by atoms with van der Waals surface area (Å²) in [4.78, 5) is 22.1. The molecule has 1 saturated carbocycles. The molecule has 0 amide bonds. The molecule has 3 nitrogen and oxygen atoms in total. The highest BCUT2D eigenvalue weighted by Gasteiger charge is 2.21. The summed E-state index contributed by atoms with van der Waals surface area (Å²) in [6.07, 6.45) is 4.01. The molecule has 1 aliphatic carbocycles. The Kier molecular flexibility index (Phi) is 7.27. The fourth-order valence-electron chi connectivity index (χ4n) is 3.54. The summed E-state index contributed by atoms with van der Waals surface area (Å²) in [6, 6.07) is 19.1. The van der Waals surface area contributed by atoms with E-state index in [9.17, 15) is 9.59 Å². The first-order valence-corrected chi connectivity index (χ1v) is 10.4. The average Bonchev–Trinajstić information content (AvgIpc) is 3.29. The Hall–Kier alpha value is -3.09. The second kappa shape index (κ2) is 10.1. The summed E-state index contributed by atoms with van der Waals surface area (Å²) in [5.74, 6) is 5.67. The highest BCUT2D eigenvalue weighted by Crippen LogP contribution is 2.24. The van der Waals surface area contributed by atoms with E-state index in [2.05, 4.69) is 11.8 Å². The third-order valence-electron chi connectivity index (χ3n) is 5.19. The predicted molar refractivity (Wildman–Crippen MR) is 121 cm³/mol. The maximum atomic E-state index is 11.9. The third-order valence-corrected chi connectivity index (χ3v) is 5.44. The third kappa shape index (κ3) is 5.49. The highest BCUT2D eigenvalue weighted by atomic mass is 35.5. The number of aliphatic carboxylic acids is 1. The molecule has 0 spiro atoms. The molecule has 4 rings (SSSR count). The standard InChI is InChI=1S/C20H13ClO.C6H10O2/c1-14(22)18-13-9-16-4-2-3-5-19(16)20(18)12-8-15-6-10-17(21)11-7-15;7-6(8)5-3-1-2-4-5/h2-7,9-11,13H,1H3;5H,1-4H2,(H,7,8). The minimum Gasteiger partial charge on any atom is -0.481 e. The van der Waals surface area contributed by atoms with Crippen LogP contribution in [-0.4, -0.2) is 16.9 Å². The molecule has 1 aliphatic rings. The number of benzene rings is 3. The lowest BCUT2D eigenvalue weighted by molar-refractivity contribution is -0.141. The lowest BCUT2D eigenvalue weighted by atomic mass is 9.97. The summed E-state index contributed by atoms with van der Waals surface area (Å²) >= 11 is 5.88. The van der Waals surface area contributed by atoms with Gasteiger partial charge in [0.1, 0.15) is 0 Å². The minimum absolute atomic E-state index is 0.0185. The van der Waals surface area contributed by atoms with Gasteiger partial charge >= 0.3 is 5.97 Å². The van der Waals surface area contributed by atoms with Crippen molar-refractivity contribution in [1.29, 1.82) is 0 Å². The van der Waals surface area contributed by atoms with Crippen molar-refractivity contribution in [3.63, 3.8) is 0 Å². The van der Waals surface area contributed by atoms with E-state index in [-0.39, 0.29) is 11.7 Å². The van der Waals surface area contributed by atoms with Crippen LogP contribution in [0.2, 0.25) is 5.02 Å². The number of carbonyl (C=O) groups excluding carboxylic acids is 1. The zero-order chi connectivity index (χ0) is 21.5. The Bertz CT molecular complexity index is 1110. The second-order valence-corrected chi connectivity index (χ2v) is 7.78. The van der Waals surface area contributed by atoms with E-state index in [1.807, 2.05) is 48.5 Å². The molecule has 30 heavy (non-hydrogen) atoms. The van der Waals surface area contributed by atoms with E-state index in [4.69, 9.17) is 16.7 Å². The van der Waals surface area contributed by atoms with Gasteiger partial charge in [0.05, 0.1) is 5.92 Å². The van der Waals surface area contributed by atoms with Crippen LogP contribution in [0.1, 0.15) is 54.1 Å². The van der Waals surface area contributed by atoms with Crippen LogP contribution in [0.5, 0.6) is 0 Å². The lowest BCUT2D eigenvalue weighted by Crippen LogP contribution is -2.07. The summed E-state index contributed by atoms with van der Waals surface area (Å²) < 4.78 is 0. The molecule has 0 bridgehead atoms. The Labute approximate surface area is 181 Å².